The average molecular weight is 182 g/mol. The minimum Gasteiger partial charge on any atom is -0.388 e. The molecular formula is C10H14O3. The van der Waals surface area contributed by atoms with Crippen LogP contribution in [0.15, 0.2) is 12.2 Å². The molecule has 1 saturated carbocycles. The number of carbonyl (C=O) groups excluding carboxylic acids is 1. The SMILES string of the molecule is CC12C(=O)C(O)CC1CC=CC2O. The monoisotopic (exact) mass is 182 g/mol. The molecule has 0 saturated heterocycles. The van der Waals surface area contributed by atoms with Crippen LogP contribution in [0.1, 0.15) is 19.8 Å². The molecule has 2 N–H and O–H groups in total. The molecule has 0 heterocycles. The third kappa shape index (κ3) is 1.00. The van der Waals surface area contributed by atoms with Gasteiger partial charge >= 0.3 is 0 Å². The Bertz CT molecular complexity index is 271. The standard InChI is InChI=1S/C10H14O3/c1-10-6(3-2-4-8(10)12)5-7(11)9(10)13/h2,4,6-8,11-12H,3,5H2,1H3. The summed E-state index contributed by atoms with van der Waals surface area (Å²) in [4.78, 5) is 11.6. The Balaban J connectivity index is 2.39. The second-order valence-electron chi connectivity index (χ2n) is 4.20. The van der Waals surface area contributed by atoms with E-state index in [1.165, 1.54) is 0 Å². The van der Waals surface area contributed by atoms with Gasteiger partial charge in [0, 0.05) is 0 Å². The van der Waals surface area contributed by atoms with Gasteiger partial charge in [-0.05, 0) is 25.7 Å². The molecule has 0 aromatic carbocycles. The molecule has 2 rings (SSSR count). The van der Waals surface area contributed by atoms with Gasteiger partial charge < -0.3 is 10.2 Å². The van der Waals surface area contributed by atoms with E-state index in [0.717, 1.165) is 6.42 Å². The first-order valence-corrected chi connectivity index (χ1v) is 4.64. The van der Waals surface area contributed by atoms with E-state index in [1.54, 1.807) is 13.0 Å². The van der Waals surface area contributed by atoms with E-state index in [-0.39, 0.29) is 11.7 Å². The van der Waals surface area contributed by atoms with Crippen molar-refractivity contribution < 1.29 is 15.0 Å². The summed E-state index contributed by atoms with van der Waals surface area (Å²) in [6.07, 6.45) is 3.24. The molecule has 0 amide bonds. The van der Waals surface area contributed by atoms with Crippen molar-refractivity contribution in [1.29, 1.82) is 0 Å². The summed E-state index contributed by atoms with van der Waals surface area (Å²) in [5.41, 5.74) is -0.742. The maximum Gasteiger partial charge on any atom is 0.170 e. The quantitative estimate of drug-likeness (QED) is 0.528. The molecule has 0 radical (unpaired) electrons. The molecule has 4 unspecified atom stereocenters. The van der Waals surface area contributed by atoms with Gasteiger partial charge in [-0.1, -0.05) is 12.2 Å². The van der Waals surface area contributed by atoms with Gasteiger partial charge in [0.15, 0.2) is 5.78 Å². The predicted octanol–water partition coefficient (Wildman–Crippen LogP) is 0.263. The second-order valence-corrected chi connectivity index (χ2v) is 4.20. The van der Waals surface area contributed by atoms with E-state index in [1.807, 2.05) is 6.08 Å². The van der Waals surface area contributed by atoms with Gasteiger partial charge in [0.05, 0.1) is 11.5 Å². The number of hydrogen-bond donors (Lipinski definition) is 2. The molecule has 2 aliphatic carbocycles. The molecule has 1 fully saturated rings. The normalized spacial score (nSPS) is 49.5. The maximum atomic E-state index is 11.6. The van der Waals surface area contributed by atoms with Crippen LogP contribution in [0.2, 0.25) is 0 Å². The van der Waals surface area contributed by atoms with Gasteiger partial charge in [-0.15, -0.1) is 0 Å². The van der Waals surface area contributed by atoms with Crippen LogP contribution in [-0.4, -0.2) is 28.2 Å². The van der Waals surface area contributed by atoms with Gasteiger partial charge in [-0.3, -0.25) is 4.79 Å². The summed E-state index contributed by atoms with van der Waals surface area (Å²) in [6, 6.07) is 0. The van der Waals surface area contributed by atoms with Gasteiger partial charge in [-0.25, -0.2) is 0 Å². The van der Waals surface area contributed by atoms with Crippen LogP contribution in [0.4, 0.5) is 0 Å². The summed E-state index contributed by atoms with van der Waals surface area (Å²) >= 11 is 0. The molecule has 2 aliphatic rings. The molecule has 0 aromatic rings. The Labute approximate surface area is 77.1 Å². The zero-order chi connectivity index (χ0) is 9.64. The predicted molar refractivity (Wildman–Crippen MR) is 47.0 cm³/mol. The van der Waals surface area contributed by atoms with Crippen molar-refractivity contribution in [3.05, 3.63) is 12.2 Å². The largest absolute Gasteiger partial charge is 0.388 e. The summed E-state index contributed by atoms with van der Waals surface area (Å²) in [6.45, 7) is 1.75. The third-order valence-corrected chi connectivity index (χ3v) is 3.54. The lowest BCUT2D eigenvalue weighted by Crippen LogP contribution is -2.43. The van der Waals surface area contributed by atoms with Crippen LogP contribution in [0, 0.1) is 11.3 Å². The number of aliphatic hydroxyl groups excluding tert-OH is 2. The summed E-state index contributed by atoms with van der Waals surface area (Å²) in [5, 5.41) is 19.1. The molecule has 3 heteroatoms. The number of carbonyl (C=O) groups is 1. The number of aliphatic hydroxyl groups is 2. The van der Waals surface area contributed by atoms with Crippen LogP contribution < -0.4 is 0 Å². The van der Waals surface area contributed by atoms with Crippen molar-refractivity contribution in [3.63, 3.8) is 0 Å². The van der Waals surface area contributed by atoms with Gasteiger partial charge in [0.1, 0.15) is 6.10 Å². The van der Waals surface area contributed by atoms with Crippen molar-refractivity contribution in [1.82, 2.24) is 0 Å². The number of allylic oxidation sites excluding steroid dienone is 1. The molecule has 4 atom stereocenters. The Morgan fingerprint density at radius 2 is 2.23 bits per heavy atom. The Morgan fingerprint density at radius 1 is 1.54 bits per heavy atom. The van der Waals surface area contributed by atoms with Crippen LogP contribution in [-0.2, 0) is 4.79 Å². The van der Waals surface area contributed by atoms with Crippen molar-refractivity contribution in [3.8, 4) is 0 Å². The zero-order valence-electron chi connectivity index (χ0n) is 7.60. The molecule has 0 aliphatic heterocycles. The van der Waals surface area contributed by atoms with Crippen LogP contribution >= 0.6 is 0 Å². The summed E-state index contributed by atoms with van der Waals surface area (Å²) in [5.74, 6) is -0.0932. The first-order valence-electron chi connectivity index (χ1n) is 4.64. The molecule has 0 bridgehead atoms. The summed E-state index contributed by atoms with van der Waals surface area (Å²) in [7, 11) is 0. The Hall–Kier alpha value is -0.670. The van der Waals surface area contributed by atoms with E-state index in [4.69, 9.17) is 0 Å². The number of rotatable bonds is 0. The zero-order valence-corrected chi connectivity index (χ0v) is 7.60. The lowest BCUT2D eigenvalue weighted by atomic mass is 9.70. The van der Waals surface area contributed by atoms with Crippen molar-refractivity contribution in [2.24, 2.45) is 11.3 Å². The van der Waals surface area contributed by atoms with Gasteiger partial charge in [0.25, 0.3) is 0 Å². The first-order chi connectivity index (χ1) is 6.06. The Morgan fingerprint density at radius 3 is 2.85 bits per heavy atom. The fourth-order valence-electron chi connectivity index (χ4n) is 2.48. The lowest BCUT2D eigenvalue weighted by molar-refractivity contribution is -0.137. The van der Waals surface area contributed by atoms with Crippen LogP contribution in [0.5, 0.6) is 0 Å². The van der Waals surface area contributed by atoms with Crippen molar-refractivity contribution >= 4 is 5.78 Å². The first kappa shape index (κ1) is 8.91. The van der Waals surface area contributed by atoms with Crippen molar-refractivity contribution in [2.45, 2.75) is 32.0 Å². The fraction of sp³-hybridized carbons (Fsp3) is 0.700. The molecule has 3 nitrogen and oxygen atoms in total. The summed E-state index contributed by atoms with van der Waals surface area (Å²) < 4.78 is 0. The molecular weight excluding hydrogens is 168 g/mol. The van der Waals surface area contributed by atoms with E-state index in [0.29, 0.717) is 6.42 Å². The van der Waals surface area contributed by atoms with Gasteiger partial charge in [-0.2, -0.15) is 0 Å². The van der Waals surface area contributed by atoms with Crippen molar-refractivity contribution in [2.75, 3.05) is 0 Å². The van der Waals surface area contributed by atoms with Gasteiger partial charge in [0.2, 0.25) is 0 Å². The lowest BCUT2D eigenvalue weighted by Gasteiger charge is -2.35. The third-order valence-electron chi connectivity index (χ3n) is 3.54. The number of fused-ring (bicyclic) bond motifs is 1. The molecule has 13 heavy (non-hydrogen) atoms. The maximum absolute atomic E-state index is 11.6. The highest BCUT2D eigenvalue weighted by Gasteiger charge is 2.55. The van der Waals surface area contributed by atoms with Crippen LogP contribution in [0.3, 0.4) is 0 Å². The van der Waals surface area contributed by atoms with E-state index >= 15 is 0 Å². The van der Waals surface area contributed by atoms with E-state index < -0.39 is 17.6 Å². The highest BCUT2D eigenvalue weighted by atomic mass is 16.3. The molecule has 72 valence electrons. The van der Waals surface area contributed by atoms with Crippen LogP contribution in [0.25, 0.3) is 0 Å². The minimum absolute atomic E-state index is 0.106. The number of hydrogen-bond acceptors (Lipinski definition) is 3. The second kappa shape index (κ2) is 2.66. The minimum atomic E-state index is -0.871. The molecule has 0 spiro atoms. The molecule has 0 aromatic heterocycles. The Kier molecular flexibility index (Phi) is 1.82. The average Bonchev–Trinajstić information content (AvgIpc) is 2.31. The van der Waals surface area contributed by atoms with E-state index in [9.17, 15) is 15.0 Å². The number of Topliss-reactive ketones (excluding diaryl/α,β-unsaturated/α-hetero) is 1. The number of ketones is 1. The fourth-order valence-corrected chi connectivity index (χ4v) is 2.48. The van der Waals surface area contributed by atoms with E-state index in [2.05, 4.69) is 0 Å². The smallest absolute Gasteiger partial charge is 0.170 e. The highest BCUT2D eigenvalue weighted by molar-refractivity contribution is 5.92. The highest BCUT2D eigenvalue weighted by Crippen LogP contribution is 2.47. The topological polar surface area (TPSA) is 57.5 Å².